The lowest BCUT2D eigenvalue weighted by Crippen LogP contribution is -2.30. The summed E-state index contributed by atoms with van der Waals surface area (Å²) in [5, 5.41) is 3.51. The third-order valence-electron chi connectivity index (χ3n) is 3.43. The zero-order valence-corrected chi connectivity index (χ0v) is 11.6. The number of benzene rings is 1. The summed E-state index contributed by atoms with van der Waals surface area (Å²) in [6.07, 6.45) is 2.77. The monoisotopic (exact) mass is 269 g/mol. The van der Waals surface area contributed by atoms with Crippen LogP contribution in [0.25, 0.3) is 0 Å². The minimum absolute atomic E-state index is 0.137. The molecule has 1 aliphatic heterocycles. The van der Waals surface area contributed by atoms with Crippen molar-refractivity contribution in [2.45, 2.75) is 19.4 Å². The summed E-state index contributed by atoms with van der Waals surface area (Å²) in [6.45, 7) is 7.32. The predicted molar refractivity (Wildman–Crippen MR) is 78.9 cm³/mol. The Morgan fingerprint density at radius 1 is 1.50 bits per heavy atom. The maximum Gasteiger partial charge on any atom is 0.120 e. The van der Waals surface area contributed by atoms with Gasteiger partial charge in [0, 0.05) is 18.7 Å². The van der Waals surface area contributed by atoms with E-state index in [9.17, 15) is 0 Å². The molecule has 2 aromatic rings. The second-order valence-corrected chi connectivity index (χ2v) is 5.22. The van der Waals surface area contributed by atoms with Gasteiger partial charge < -0.3 is 15.0 Å². The molecule has 20 heavy (non-hydrogen) atoms. The fraction of sp³-hybridized carbons (Fsp3) is 0.312. The average molecular weight is 269 g/mol. The normalized spacial score (nSPS) is 17.6. The molecule has 104 valence electrons. The Labute approximate surface area is 118 Å². The predicted octanol–water partition coefficient (Wildman–Crippen LogP) is 2.60. The van der Waals surface area contributed by atoms with Crippen LogP contribution in [0.15, 0.2) is 42.7 Å². The van der Waals surface area contributed by atoms with Gasteiger partial charge in [-0.3, -0.25) is 0 Å². The highest BCUT2D eigenvalue weighted by Crippen LogP contribution is 2.28. The van der Waals surface area contributed by atoms with Crippen molar-refractivity contribution in [1.82, 2.24) is 15.3 Å². The first-order valence-electron chi connectivity index (χ1n) is 6.86. The minimum Gasteiger partial charge on any atom is -0.489 e. The van der Waals surface area contributed by atoms with Gasteiger partial charge in [-0.1, -0.05) is 18.7 Å². The molecule has 1 atom stereocenters. The van der Waals surface area contributed by atoms with Crippen LogP contribution in [0, 0.1) is 0 Å². The largest absolute Gasteiger partial charge is 0.489 e. The van der Waals surface area contributed by atoms with Gasteiger partial charge in [0.05, 0.1) is 18.1 Å². The molecule has 0 radical (unpaired) electrons. The number of hydrogen-bond donors (Lipinski definition) is 2. The zero-order valence-electron chi connectivity index (χ0n) is 11.6. The quantitative estimate of drug-likeness (QED) is 0.839. The van der Waals surface area contributed by atoms with Crippen LogP contribution in [-0.2, 0) is 6.42 Å². The van der Waals surface area contributed by atoms with Gasteiger partial charge in [-0.2, -0.15) is 0 Å². The van der Waals surface area contributed by atoms with Crippen molar-refractivity contribution in [1.29, 1.82) is 0 Å². The summed E-state index contributed by atoms with van der Waals surface area (Å²) >= 11 is 0. The summed E-state index contributed by atoms with van der Waals surface area (Å²) in [5.74, 6) is 0.870. The molecule has 0 saturated heterocycles. The van der Waals surface area contributed by atoms with Crippen molar-refractivity contribution in [2.24, 2.45) is 0 Å². The van der Waals surface area contributed by atoms with Crippen LogP contribution in [-0.4, -0.2) is 23.1 Å². The minimum atomic E-state index is 0.137. The highest BCUT2D eigenvalue weighted by atomic mass is 16.5. The van der Waals surface area contributed by atoms with E-state index in [2.05, 4.69) is 34.0 Å². The number of imidazole rings is 1. The summed E-state index contributed by atoms with van der Waals surface area (Å²) in [4.78, 5) is 7.66. The molecule has 4 nitrogen and oxygen atoms in total. The van der Waals surface area contributed by atoms with Crippen LogP contribution in [0.5, 0.6) is 5.75 Å². The van der Waals surface area contributed by atoms with Crippen molar-refractivity contribution in [2.75, 3.05) is 13.2 Å². The van der Waals surface area contributed by atoms with Crippen molar-refractivity contribution >= 4 is 0 Å². The summed E-state index contributed by atoms with van der Waals surface area (Å²) in [7, 11) is 0. The van der Waals surface area contributed by atoms with E-state index in [0.29, 0.717) is 6.61 Å². The number of aromatic nitrogens is 2. The number of rotatable bonds is 4. The third-order valence-corrected chi connectivity index (χ3v) is 3.43. The molecule has 3 rings (SSSR count). The van der Waals surface area contributed by atoms with Crippen LogP contribution >= 0.6 is 0 Å². The van der Waals surface area contributed by atoms with Crippen LogP contribution < -0.4 is 10.1 Å². The highest BCUT2D eigenvalue weighted by Gasteiger charge is 2.23. The van der Waals surface area contributed by atoms with E-state index < -0.39 is 0 Å². The second kappa shape index (κ2) is 5.51. The van der Waals surface area contributed by atoms with Crippen molar-refractivity contribution < 1.29 is 4.74 Å². The first-order chi connectivity index (χ1) is 9.74. The molecular weight excluding hydrogens is 250 g/mol. The van der Waals surface area contributed by atoms with Gasteiger partial charge in [0.2, 0.25) is 0 Å². The molecule has 4 heteroatoms. The van der Waals surface area contributed by atoms with Gasteiger partial charge in [-0.15, -0.1) is 0 Å². The van der Waals surface area contributed by atoms with E-state index in [1.165, 1.54) is 11.3 Å². The highest BCUT2D eigenvalue weighted by molar-refractivity contribution is 5.37. The number of ether oxygens (including phenoxy) is 1. The maximum atomic E-state index is 5.71. The van der Waals surface area contributed by atoms with Gasteiger partial charge in [0.25, 0.3) is 0 Å². The van der Waals surface area contributed by atoms with Crippen molar-refractivity contribution in [3.05, 3.63) is 59.7 Å². The fourth-order valence-electron chi connectivity index (χ4n) is 2.48. The third kappa shape index (κ3) is 2.60. The smallest absolute Gasteiger partial charge is 0.120 e. The van der Waals surface area contributed by atoms with E-state index in [4.69, 9.17) is 4.74 Å². The van der Waals surface area contributed by atoms with Gasteiger partial charge in [0.15, 0.2) is 0 Å². The Bertz CT molecular complexity index is 618. The van der Waals surface area contributed by atoms with Gasteiger partial charge in [-0.25, -0.2) is 4.98 Å². The maximum absolute atomic E-state index is 5.71. The topological polar surface area (TPSA) is 49.9 Å². The molecule has 0 unspecified atom stereocenters. The number of aromatic amines is 1. The first kappa shape index (κ1) is 12.9. The van der Waals surface area contributed by atoms with Crippen LogP contribution in [0.4, 0.5) is 0 Å². The second-order valence-electron chi connectivity index (χ2n) is 5.22. The number of nitrogens with one attached hydrogen (secondary N) is 2. The van der Waals surface area contributed by atoms with E-state index >= 15 is 0 Å². The SMILES string of the molecule is C=C(C)COc1cccc([C@@H]2NCCc3[nH]cnc32)c1. The Morgan fingerprint density at radius 2 is 2.40 bits per heavy atom. The molecule has 0 bridgehead atoms. The first-order valence-corrected chi connectivity index (χ1v) is 6.86. The Hall–Kier alpha value is -2.07. The zero-order chi connectivity index (χ0) is 13.9. The fourth-order valence-corrected chi connectivity index (χ4v) is 2.48. The molecule has 2 N–H and O–H groups in total. The summed E-state index contributed by atoms with van der Waals surface area (Å²) < 4.78 is 5.71. The average Bonchev–Trinajstić information content (AvgIpc) is 2.93. The lowest BCUT2D eigenvalue weighted by Gasteiger charge is -2.23. The summed E-state index contributed by atoms with van der Waals surface area (Å²) in [5.41, 5.74) is 4.51. The standard InChI is InChI=1S/C16H19N3O/c1-11(2)9-20-13-5-3-4-12(8-13)15-16-14(6-7-17-15)18-10-19-16/h3-5,8,10,15,17H,1,6-7,9H2,2H3,(H,18,19)/t15-/m0/s1. The van der Waals surface area contributed by atoms with E-state index in [-0.39, 0.29) is 6.04 Å². The Balaban J connectivity index is 1.85. The lowest BCUT2D eigenvalue weighted by atomic mass is 9.98. The Kier molecular flexibility index (Phi) is 3.56. The lowest BCUT2D eigenvalue weighted by molar-refractivity contribution is 0.352. The molecule has 0 amide bonds. The van der Waals surface area contributed by atoms with Crippen molar-refractivity contribution in [3.8, 4) is 5.75 Å². The van der Waals surface area contributed by atoms with Crippen LogP contribution in [0.2, 0.25) is 0 Å². The molecule has 0 saturated carbocycles. The molecule has 0 fully saturated rings. The van der Waals surface area contributed by atoms with Gasteiger partial charge in [0.1, 0.15) is 12.4 Å². The van der Waals surface area contributed by atoms with Crippen LogP contribution in [0.3, 0.4) is 0 Å². The molecule has 0 spiro atoms. The molecule has 1 aromatic heterocycles. The molecule has 1 aromatic carbocycles. The van der Waals surface area contributed by atoms with E-state index in [1.54, 1.807) is 6.33 Å². The van der Waals surface area contributed by atoms with Gasteiger partial charge >= 0.3 is 0 Å². The van der Waals surface area contributed by atoms with Crippen LogP contribution in [0.1, 0.15) is 29.9 Å². The van der Waals surface area contributed by atoms with Crippen molar-refractivity contribution in [3.63, 3.8) is 0 Å². The number of fused-ring (bicyclic) bond motifs is 1. The summed E-state index contributed by atoms with van der Waals surface area (Å²) in [6, 6.07) is 8.31. The molecule has 2 heterocycles. The number of H-pyrrole nitrogens is 1. The molecule has 0 aliphatic carbocycles. The Morgan fingerprint density at radius 3 is 3.25 bits per heavy atom. The number of nitrogens with zero attached hydrogens (tertiary/aromatic N) is 1. The van der Waals surface area contributed by atoms with E-state index in [1.807, 2.05) is 19.1 Å². The molecule has 1 aliphatic rings. The van der Waals surface area contributed by atoms with E-state index in [0.717, 1.165) is 30.0 Å². The number of hydrogen-bond acceptors (Lipinski definition) is 3. The molecular formula is C16H19N3O. The van der Waals surface area contributed by atoms with Gasteiger partial charge in [-0.05, 0) is 30.2 Å².